The van der Waals surface area contributed by atoms with Gasteiger partial charge in [-0.05, 0) is 12.8 Å². The Morgan fingerprint density at radius 2 is 1.56 bits per heavy atom. The van der Waals surface area contributed by atoms with Gasteiger partial charge in [0.2, 0.25) is 0 Å². The molecule has 0 saturated carbocycles. The van der Waals surface area contributed by atoms with Crippen LogP contribution in [0.1, 0.15) is 12.8 Å². The molecule has 0 aliphatic carbocycles. The molecule has 1 heterocycles. The molecule has 0 bridgehead atoms. The van der Waals surface area contributed by atoms with E-state index in [4.69, 9.17) is 12.8 Å². The zero-order chi connectivity index (χ0) is 6.69. The van der Waals surface area contributed by atoms with Gasteiger partial charge >= 0.3 is 0 Å². The predicted molar refractivity (Wildman–Crippen MR) is 37.6 cm³/mol. The highest BCUT2D eigenvalue weighted by Gasteiger charge is 2.18. The van der Waals surface area contributed by atoms with E-state index < -0.39 is 0 Å². The minimum absolute atomic E-state index is 0.214. The lowest BCUT2D eigenvalue weighted by atomic mass is 10.2. The molecule has 1 aliphatic rings. The van der Waals surface area contributed by atoms with E-state index in [0.29, 0.717) is 0 Å². The van der Waals surface area contributed by atoms with E-state index in [2.05, 4.69) is 17.2 Å². The normalized spacial score (nSPS) is 33.1. The number of terminal acetylenes is 2. The fourth-order valence-electron chi connectivity index (χ4n) is 1.01. The molecule has 1 saturated heterocycles. The topological polar surface area (TPSA) is 12.0 Å². The lowest BCUT2D eigenvalue weighted by Gasteiger charge is -2.00. The van der Waals surface area contributed by atoms with Gasteiger partial charge in [0.1, 0.15) is 0 Å². The number of rotatable bonds is 0. The Morgan fingerprint density at radius 1 is 1.11 bits per heavy atom. The van der Waals surface area contributed by atoms with Crippen LogP contribution in [0.2, 0.25) is 0 Å². The van der Waals surface area contributed by atoms with Crippen molar-refractivity contribution in [3.63, 3.8) is 0 Å². The molecule has 0 aromatic rings. The molecule has 1 N–H and O–H groups in total. The lowest BCUT2D eigenvalue weighted by molar-refractivity contribution is 0.697. The van der Waals surface area contributed by atoms with E-state index in [0.717, 1.165) is 12.8 Å². The molecule has 2 atom stereocenters. The van der Waals surface area contributed by atoms with Crippen molar-refractivity contribution in [2.45, 2.75) is 24.9 Å². The summed E-state index contributed by atoms with van der Waals surface area (Å²) in [7, 11) is 0. The molecular weight excluding hydrogens is 110 g/mol. The first-order valence-electron chi connectivity index (χ1n) is 3.05. The van der Waals surface area contributed by atoms with Crippen LogP contribution in [0.4, 0.5) is 0 Å². The highest BCUT2D eigenvalue weighted by atomic mass is 15.0. The quantitative estimate of drug-likeness (QED) is 0.454. The molecule has 1 aliphatic heterocycles. The van der Waals surface area contributed by atoms with Crippen LogP contribution in [0.3, 0.4) is 0 Å². The molecule has 0 aromatic carbocycles. The van der Waals surface area contributed by atoms with Crippen LogP contribution >= 0.6 is 0 Å². The van der Waals surface area contributed by atoms with Gasteiger partial charge in [-0.15, -0.1) is 12.8 Å². The SMILES string of the molecule is C#CC1CCC(C#C)N1. The molecule has 0 amide bonds. The molecule has 9 heavy (non-hydrogen) atoms. The average molecular weight is 119 g/mol. The second kappa shape index (κ2) is 2.58. The minimum Gasteiger partial charge on any atom is -0.290 e. The van der Waals surface area contributed by atoms with E-state index in [-0.39, 0.29) is 12.1 Å². The van der Waals surface area contributed by atoms with Gasteiger partial charge in [-0.1, -0.05) is 11.8 Å². The molecule has 46 valence electrons. The summed E-state index contributed by atoms with van der Waals surface area (Å²) in [6, 6.07) is 0.428. The van der Waals surface area contributed by atoms with Crippen LogP contribution in [0, 0.1) is 24.7 Å². The van der Waals surface area contributed by atoms with Crippen molar-refractivity contribution in [2.75, 3.05) is 0 Å². The summed E-state index contributed by atoms with van der Waals surface area (Å²) in [6.45, 7) is 0. The third-order valence-corrected chi connectivity index (χ3v) is 1.55. The molecule has 1 nitrogen and oxygen atoms in total. The summed E-state index contributed by atoms with van der Waals surface area (Å²) in [6.07, 6.45) is 12.4. The van der Waals surface area contributed by atoms with Crippen LogP contribution < -0.4 is 5.32 Å². The Morgan fingerprint density at radius 3 is 1.78 bits per heavy atom. The monoisotopic (exact) mass is 119 g/mol. The maximum absolute atomic E-state index is 5.17. The van der Waals surface area contributed by atoms with E-state index in [1.807, 2.05) is 0 Å². The predicted octanol–water partition coefficient (Wildman–Crippen LogP) is 0.373. The van der Waals surface area contributed by atoms with Gasteiger partial charge in [0.05, 0.1) is 12.1 Å². The zero-order valence-corrected chi connectivity index (χ0v) is 5.22. The van der Waals surface area contributed by atoms with Crippen molar-refractivity contribution < 1.29 is 0 Å². The Labute approximate surface area is 55.8 Å². The van der Waals surface area contributed by atoms with Crippen LogP contribution in [0.25, 0.3) is 0 Å². The summed E-state index contributed by atoms with van der Waals surface area (Å²) in [4.78, 5) is 0. The first-order chi connectivity index (χ1) is 4.36. The summed E-state index contributed by atoms with van der Waals surface area (Å²) < 4.78 is 0. The van der Waals surface area contributed by atoms with E-state index >= 15 is 0 Å². The fourth-order valence-corrected chi connectivity index (χ4v) is 1.01. The molecule has 1 rings (SSSR count). The highest BCUT2D eigenvalue weighted by molar-refractivity contribution is 5.11. The Balaban J connectivity index is 2.42. The third kappa shape index (κ3) is 1.25. The van der Waals surface area contributed by atoms with E-state index in [1.54, 1.807) is 0 Å². The number of hydrogen-bond acceptors (Lipinski definition) is 1. The fraction of sp³-hybridized carbons (Fsp3) is 0.500. The van der Waals surface area contributed by atoms with Crippen LogP contribution in [-0.4, -0.2) is 12.1 Å². The second-order valence-electron chi connectivity index (χ2n) is 2.18. The van der Waals surface area contributed by atoms with Crippen molar-refractivity contribution in [1.82, 2.24) is 5.32 Å². The maximum Gasteiger partial charge on any atom is 0.0697 e. The van der Waals surface area contributed by atoms with Gasteiger partial charge in [-0.2, -0.15) is 0 Å². The lowest BCUT2D eigenvalue weighted by Crippen LogP contribution is -2.26. The van der Waals surface area contributed by atoms with Gasteiger partial charge in [0.15, 0.2) is 0 Å². The average Bonchev–Trinajstić information content (AvgIpc) is 2.34. The summed E-state index contributed by atoms with van der Waals surface area (Å²) in [5.41, 5.74) is 0. The van der Waals surface area contributed by atoms with Crippen molar-refractivity contribution >= 4 is 0 Å². The van der Waals surface area contributed by atoms with Crippen LogP contribution in [-0.2, 0) is 0 Å². The zero-order valence-electron chi connectivity index (χ0n) is 5.22. The second-order valence-corrected chi connectivity index (χ2v) is 2.18. The van der Waals surface area contributed by atoms with Crippen LogP contribution in [0.15, 0.2) is 0 Å². The van der Waals surface area contributed by atoms with Crippen molar-refractivity contribution in [2.24, 2.45) is 0 Å². The van der Waals surface area contributed by atoms with Gasteiger partial charge in [-0.3, -0.25) is 5.32 Å². The smallest absolute Gasteiger partial charge is 0.0697 e. The molecule has 2 unspecified atom stereocenters. The Kier molecular flexibility index (Phi) is 1.78. The summed E-state index contributed by atoms with van der Waals surface area (Å²) in [5, 5.41) is 3.12. The van der Waals surface area contributed by atoms with E-state index in [1.165, 1.54) is 0 Å². The minimum atomic E-state index is 0.214. The number of nitrogens with one attached hydrogen (secondary N) is 1. The summed E-state index contributed by atoms with van der Waals surface area (Å²) in [5.74, 6) is 5.24. The maximum atomic E-state index is 5.17. The van der Waals surface area contributed by atoms with Gasteiger partial charge < -0.3 is 0 Å². The van der Waals surface area contributed by atoms with Crippen LogP contribution in [0.5, 0.6) is 0 Å². The van der Waals surface area contributed by atoms with Crippen molar-refractivity contribution in [1.29, 1.82) is 0 Å². The van der Waals surface area contributed by atoms with Crippen molar-refractivity contribution in [3.8, 4) is 24.7 Å². The first-order valence-corrected chi connectivity index (χ1v) is 3.05. The molecule has 1 heteroatoms. The molecular formula is C8H9N. The Bertz CT molecular complexity index is 150. The third-order valence-electron chi connectivity index (χ3n) is 1.55. The van der Waals surface area contributed by atoms with Crippen molar-refractivity contribution in [3.05, 3.63) is 0 Å². The largest absolute Gasteiger partial charge is 0.290 e. The highest BCUT2D eigenvalue weighted by Crippen LogP contribution is 2.09. The standard InChI is InChI=1S/C8H9N/c1-3-7-5-6-8(4-2)9-7/h1-2,7-9H,5-6H2. The number of hydrogen-bond donors (Lipinski definition) is 1. The molecule has 1 fully saturated rings. The van der Waals surface area contributed by atoms with Gasteiger partial charge in [0, 0.05) is 0 Å². The molecule has 0 radical (unpaired) electrons. The van der Waals surface area contributed by atoms with E-state index in [9.17, 15) is 0 Å². The molecule has 0 aromatic heterocycles. The molecule has 0 spiro atoms. The van der Waals surface area contributed by atoms with Gasteiger partial charge in [0.25, 0.3) is 0 Å². The first kappa shape index (κ1) is 6.20. The summed E-state index contributed by atoms with van der Waals surface area (Å²) >= 11 is 0. The van der Waals surface area contributed by atoms with Gasteiger partial charge in [-0.25, -0.2) is 0 Å². The Hall–Kier alpha value is -0.920.